The monoisotopic (exact) mass is 687 g/mol. The van der Waals surface area contributed by atoms with Crippen LogP contribution in [0.4, 0.5) is 17.1 Å². The number of fused-ring (bicyclic) bond motifs is 1. The molecule has 0 radical (unpaired) electrons. The van der Waals surface area contributed by atoms with Gasteiger partial charge in [0.25, 0.3) is 17.5 Å². The number of aromatic nitrogens is 1. The molecule has 4 aromatic carbocycles. The molecule has 15 heteroatoms. The number of hydrogen-bond acceptors (Lipinski definition) is 10. The molecule has 1 fully saturated rings. The average Bonchev–Trinajstić information content (AvgIpc) is 3.59. The van der Waals surface area contributed by atoms with Gasteiger partial charge in [0, 0.05) is 22.3 Å². The first-order valence-electron chi connectivity index (χ1n) is 13.2. The Kier molecular flexibility index (Phi) is 8.85. The van der Waals surface area contributed by atoms with Gasteiger partial charge < -0.3 is 15.7 Å². The van der Waals surface area contributed by atoms with Crippen molar-refractivity contribution in [3.63, 3.8) is 0 Å². The summed E-state index contributed by atoms with van der Waals surface area (Å²) in [4.78, 5) is 57.5. The number of anilines is 1. The number of carboxylic acid groups (broad SMARTS) is 1. The predicted molar refractivity (Wildman–Crippen MR) is 180 cm³/mol. The zero-order chi connectivity index (χ0) is 32.4. The van der Waals surface area contributed by atoms with E-state index in [2.05, 4.69) is 20.6 Å². The van der Waals surface area contributed by atoms with Gasteiger partial charge in [0.1, 0.15) is 0 Å². The SMILES string of the molecule is O=C1NC(=Nc2cccc(C(=O)O)c2)S/C1=C\c1ccc(Sc2nc3ccc(NC(=O)c4ccc(Cl)cc4)cc3s2)c([N+](=O)[O-])c1. The second kappa shape index (κ2) is 13.1. The zero-order valence-electron chi connectivity index (χ0n) is 23.1. The van der Waals surface area contributed by atoms with Crippen molar-refractivity contribution in [2.45, 2.75) is 9.24 Å². The van der Waals surface area contributed by atoms with Crippen LogP contribution in [0.25, 0.3) is 16.3 Å². The molecule has 0 saturated carbocycles. The van der Waals surface area contributed by atoms with Crippen LogP contribution in [-0.4, -0.2) is 38.0 Å². The lowest BCUT2D eigenvalue weighted by atomic mass is 10.2. The van der Waals surface area contributed by atoms with Crippen molar-refractivity contribution < 1.29 is 24.4 Å². The van der Waals surface area contributed by atoms with Gasteiger partial charge in [-0.3, -0.25) is 19.7 Å². The van der Waals surface area contributed by atoms with Crippen LogP contribution in [0.5, 0.6) is 0 Å². The van der Waals surface area contributed by atoms with Crippen LogP contribution in [0.15, 0.2) is 104 Å². The van der Waals surface area contributed by atoms with Crippen molar-refractivity contribution in [3.05, 3.63) is 122 Å². The Hall–Kier alpha value is -5.02. The largest absolute Gasteiger partial charge is 0.478 e. The van der Waals surface area contributed by atoms with Crippen LogP contribution in [0.3, 0.4) is 0 Å². The van der Waals surface area contributed by atoms with Crippen LogP contribution >= 0.6 is 46.5 Å². The van der Waals surface area contributed by atoms with E-state index in [4.69, 9.17) is 11.6 Å². The first kappa shape index (κ1) is 31.0. The predicted octanol–water partition coefficient (Wildman–Crippen LogP) is 7.85. The van der Waals surface area contributed by atoms with Gasteiger partial charge in [-0.15, -0.1) is 11.3 Å². The van der Waals surface area contributed by atoms with E-state index in [-0.39, 0.29) is 27.2 Å². The van der Waals surface area contributed by atoms with Gasteiger partial charge in [-0.1, -0.05) is 35.5 Å². The lowest BCUT2D eigenvalue weighted by molar-refractivity contribution is -0.387. The Morgan fingerprint density at radius 2 is 1.85 bits per heavy atom. The number of nitrogens with zero attached hydrogens (tertiary/aromatic N) is 3. The maximum Gasteiger partial charge on any atom is 0.335 e. The average molecular weight is 688 g/mol. The normalized spacial score (nSPS) is 14.5. The molecule has 0 aliphatic carbocycles. The topological polar surface area (TPSA) is 164 Å². The first-order chi connectivity index (χ1) is 22.1. The van der Waals surface area contributed by atoms with Gasteiger partial charge in [0.2, 0.25) is 0 Å². The standard InChI is InChI=1S/C31H18ClN5O6S3/c32-19-7-5-17(6-8-19)27(38)33-21-9-10-22-25(15-21)46-31(35-22)45-24-11-4-16(12-23(24)37(42)43)13-26-28(39)36-30(44-26)34-20-3-1-2-18(14-20)29(40)41/h1-15H,(H,33,38)(H,40,41)(H,34,36,39)/b26-13-. The Morgan fingerprint density at radius 1 is 1.04 bits per heavy atom. The van der Waals surface area contributed by atoms with E-state index in [0.717, 1.165) is 28.2 Å². The number of nitro benzene ring substituents is 1. The summed E-state index contributed by atoms with van der Waals surface area (Å²) in [6, 6.07) is 22.4. The highest BCUT2D eigenvalue weighted by molar-refractivity contribution is 8.18. The van der Waals surface area contributed by atoms with Crippen LogP contribution in [0.1, 0.15) is 26.3 Å². The fraction of sp³-hybridized carbons (Fsp3) is 0. The van der Waals surface area contributed by atoms with E-state index in [9.17, 15) is 29.6 Å². The van der Waals surface area contributed by atoms with Gasteiger partial charge >= 0.3 is 5.97 Å². The fourth-order valence-corrected chi connectivity index (χ4v) is 7.35. The number of carbonyl (C=O) groups is 3. The molecular formula is C31H18ClN5O6S3. The maximum absolute atomic E-state index is 12.6. The van der Waals surface area contributed by atoms with Crippen LogP contribution in [0.2, 0.25) is 5.02 Å². The van der Waals surface area contributed by atoms with Gasteiger partial charge in [-0.25, -0.2) is 14.8 Å². The van der Waals surface area contributed by atoms with Crippen LogP contribution < -0.4 is 10.6 Å². The zero-order valence-corrected chi connectivity index (χ0v) is 26.3. The summed E-state index contributed by atoms with van der Waals surface area (Å²) in [5.41, 5.74) is 2.41. The smallest absolute Gasteiger partial charge is 0.335 e. The first-order valence-corrected chi connectivity index (χ1v) is 16.0. The number of hydrogen-bond donors (Lipinski definition) is 3. The Labute approximate surface area is 277 Å². The number of thiazole rings is 1. The molecule has 6 rings (SSSR count). The quantitative estimate of drug-likeness (QED) is 0.0837. The number of aliphatic imine (C=N–C) groups is 1. The molecule has 2 amide bonds. The van der Waals surface area contributed by atoms with Crippen molar-refractivity contribution in [1.29, 1.82) is 0 Å². The van der Waals surface area contributed by atoms with Gasteiger partial charge in [0.05, 0.1) is 36.2 Å². The number of carbonyl (C=O) groups excluding carboxylic acids is 2. The summed E-state index contributed by atoms with van der Waals surface area (Å²) in [5.74, 6) is -1.82. The number of nitrogens with one attached hydrogen (secondary N) is 2. The number of amides is 2. The molecule has 1 aliphatic heterocycles. The fourth-order valence-electron chi connectivity index (χ4n) is 4.23. The molecule has 0 atom stereocenters. The van der Waals surface area contributed by atoms with Crippen molar-refractivity contribution in [3.8, 4) is 0 Å². The minimum Gasteiger partial charge on any atom is -0.478 e. The molecule has 5 aromatic rings. The summed E-state index contributed by atoms with van der Waals surface area (Å²) in [6.45, 7) is 0. The molecule has 3 N–H and O–H groups in total. The molecule has 1 aromatic heterocycles. The second-order valence-electron chi connectivity index (χ2n) is 9.55. The number of amidine groups is 1. The Bertz CT molecular complexity index is 2130. The summed E-state index contributed by atoms with van der Waals surface area (Å²) in [6.07, 6.45) is 1.52. The number of nitro groups is 1. The molecule has 1 saturated heterocycles. The van der Waals surface area contributed by atoms with E-state index >= 15 is 0 Å². The minimum absolute atomic E-state index is 0.0616. The van der Waals surface area contributed by atoms with Crippen molar-refractivity contribution in [2.75, 3.05) is 5.32 Å². The number of thioether (sulfide) groups is 1. The minimum atomic E-state index is -1.09. The number of carboxylic acids is 1. The highest BCUT2D eigenvalue weighted by atomic mass is 35.5. The summed E-state index contributed by atoms with van der Waals surface area (Å²) >= 11 is 9.42. The Balaban J connectivity index is 1.18. The van der Waals surface area contributed by atoms with Crippen molar-refractivity contribution >= 4 is 103 Å². The summed E-state index contributed by atoms with van der Waals surface area (Å²) < 4.78 is 1.36. The second-order valence-corrected chi connectivity index (χ2v) is 13.3. The number of benzene rings is 4. The third kappa shape index (κ3) is 7.10. The number of rotatable bonds is 8. The molecule has 0 unspecified atom stereocenters. The molecule has 1 aliphatic rings. The molecule has 228 valence electrons. The lowest BCUT2D eigenvalue weighted by Gasteiger charge is -2.05. The van der Waals surface area contributed by atoms with Crippen LogP contribution in [-0.2, 0) is 4.79 Å². The third-order valence-corrected chi connectivity index (χ3v) is 9.69. The lowest BCUT2D eigenvalue weighted by Crippen LogP contribution is -2.19. The van der Waals surface area contributed by atoms with Gasteiger partial charge in [-0.2, -0.15) is 0 Å². The van der Waals surface area contributed by atoms with Gasteiger partial charge in [0.15, 0.2) is 9.51 Å². The van der Waals surface area contributed by atoms with E-state index < -0.39 is 16.8 Å². The summed E-state index contributed by atoms with van der Waals surface area (Å²) in [7, 11) is 0. The molecule has 0 spiro atoms. The van der Waals surface area contributed by atoms with E-state index in [1.807, 2.05) is 0 Å². The summed E-state index contributed by atoms with van der Waals surface area (Å²) in [5, 5.41) is 27.5. The third-order valence-electron chi connectivity index (χ3n) is 6.38. The Morgan fingerprint density at radius 3 is 2.61 bits per heavy atom. The molecule has 11 nitrogen and oxygen atoms in total. The van der Waals surface area contributed by atoms with E-state index in [0.29, 0.717) is 42.3 Å². The molecular weight excluding hydrogens is 670 g/mol. The van der Waals surface area contributed by atoms with Crippen LogP contribution in [0, 0.1) is 10.1 Å². The van der Waals surface area contributed by atoms with Crippen molar-refractivity contribution in [1.82, 2.24) is 10.3 Å². The van der Waals surface area contributed by atoms with E-state index in [1.165, 1.54) is 35.6 Å². The molecule has 46 heavy (non-hydrogen) atoms. The molecule has 0 bridgehead atoms. The number of halogens is 1. The molecule has 2 heterocycles. The highest BCUT2D eigenvalue weighted by Crippen LogP contribution is 2.40. The number of aromatic carboxylic acids is 1. The van der Waals surface area contributed by atoms with Crippen molar-refractivity contribution in [2.24, 2.45) is 4.99 Å². The highest BCUT2D eigenvalue weighted by Gasteiger charge is 2.25. The van der Waals surface area contributed by atoms with E-state index in [1.54, 1.807) is 66.7 Å². The van der Waals surface area contributed by atoms with Gasteiger partial charge in [-0.05, 0) is 90.1 Å². The maximum atomic E-state index is 12.6.